The summed E-state index contributed by atoms with van der Waals surface area (Å²) in [5.74, 6) is -0.129. The normalized spacial score (nSPS) is 10.9. The quantitative estimate of drug-likeness (QED) is 0.253. The molecule has 2 N–H and O–H groups in total. The summed E-state index contributed by atoms with van der Waals surface area (Å²) in [6.07, 6.45) is 3.94. The van der Waals surface area contributed by atoms with Crippen LogP contribution in [0.4, 0.5) is 0 Å². The van der Waals surface area contributed by atoms with E-state index in [0.717, 1.165) is 33.3 Å². The molecular formula is C28H25N5O2S. The Hall–Kier alpha value is -4.30. The third-order valence-electron chi connectivity index (χ3n) is 5.90. The Kier molecular flexibility index (Phi) is 6.60. The van der Waals surface area contributed by atoms with Crippen molar-refractivity contribution >= 4 is 29.2 Å². The highest BCUT2D eigenvalue weighted by Gasteiger charge is 2.18. The van der Waals surface area contributed by atoms with E-state index in [9.17, 15) is 9.59 Å². The molecule has 5 aromatic rings. The summed E-state index contributed by atoms with van der Waals surface area (Å²) in [6, 6.07) is 24.9. The predicted octanol–water partition coefficient (Wildman–Crippen LogP) is 5.11. The number of aryl methyl sites for hydroxylation is 1. The van der Waals surface area contributed by atoms with Gasteiger partial charge >= 0.3 is 0 Å². The summed E-state index contributed by atoms with van der Waals surface area (Å²) in [5, 5.41) is 0. The Balaban J connectivity index is 1.26. The van der Waals surface area contributed by atoms with Crippen LogP contribution in [0.2, 0.25) is 0 Å². The largest absolute Gasteiger partial charge is 0.318 e. The third-order valence-corrected chi connectivity index (χ3v) is 7.01. The molecule has 0 radical (unpaired) electrons. The number of hydrazine groups is 1. The fourth-order valence-electron chi connectivity index (χ4n) is 4.20. The minimum atomic E-state index is -0.377. The number of pyridine rings is 1. The number of carbonyl (C=O) groups excluding carboxylic acids is 2. The number of aromatic nitrogens is 3. The Labute approximate surface area is 213 Å². The summed E-state index contributed by atoms with van der Waals surface area (Å²) in [6.45, 7) is 3.84. The maximum atomic E-state index is 13.0. The molecule has 0 bridgehead atoms. The van der Waals surface area contributed by atoms with Crippen molar-refractivity contribution in [1.29, 1.82) is 0 Å². The second-order valence-electron chi connectivity index (χ2n) is 8.35. The van der Waals surface area contributed by atoms with Gasteiger partial charge in [-0.1, -0.05) is 36.4 Å². The molecule has 0 unspecified atom stereocenters. The lowest BCUT2D eigenvalue weighted by atomic mass is 10.2. The highest BCUT2D eigenvalue weighted by molar-refractivity contribution is 7.98. The lowest BCUT2D eigenvalue weighted by molar-refractivity contribution is 0.0844. The van der Waals surface area contributed by atoms with Gasteiger partial charge in [-0.2, -0.15) is 0 Å². The minimum absolute atomic E-state index is 0.367. The van der Waals surface area contributed by atoms with Crippen LogP contribution in [0.3, 0.4) is 0 Å². The molecule has 3 aromatic heterocycles. The summed E-state index contributed by atoms with van der Waals surface area (Å²) in [5.41, 5.74) is 10.7. The van der Waals surface area contributed by atoms with Crippen LogP contribution < -0.4 is 10.9 Å². The first-order valence-corrected chi connectivity index (χ1v) is 12.5. The zero-order chi connectivity index (χ0) is 25.1. The fraction of sp³-hybridized carbons (Fsp3) is 0.107. The van der Waals surface area contributed by atoms with Crippen molar-refractivity contribution in [3.8, 4) is 5.69 Å². The smallest absolute Gasteiger partial charge is 0.271 e. The highest BCUT2D eigenvalue weighted by Crippen LogP contribution is 2.26. The number of amides is 2. The van der Waals surface area contributed by atoms with Crippen LogP contribution in [-0.4, -0.2) is 25.8 Å². The number of fused-ring (bicyclic) bond motifs is 1. The highest BCUT2D eigenvalue weighted by atomic mass is 32.2. The van der Waals surface area contributed by atoms with E-state index in [0.29, 0.717) is 16.9 Å². The number of benzene rings is 2. The monoisotopic (exact) mass is 495 g/mol. The SMILES string of the molecule is Cc1cc(C(=O)NNC(=O)c2ccccc2SCc2cn3ccccc3n2)c(C)n1-c1ccccc1. The maximum absolute atomic E-state index is 13.0. The van der Waals surface area contributed by atoms with E-state index in [1.165, 1.54) is 11.8 Å². The lowest BCUT2D eigenvalue weighted by Crippen LogP contribution is -2.42. The van der Waals surface area contributed by atoms with Crippen molar-refractivity contribution in [2.75, 3.05) is 0 Å². The predicted molar refractivity (Wildman–Crippen MR) is 141 cm³/mol. The molecule has 0 aliphatic heterocycles. The summed E-state index contributed by atoms with van der Waals surface area (Å²) < 4.78 is 3.99. The number of para-hydroxylation sites is 1. The van der Waals surface area contributed by atoms with E-state index in [4.69, 9.17) is 0 Å². The molecule has 7 nitrogen and oxygen atoms in total. The van der Waals surface area contributed by atoms with Crippen molar-refractivity contribution in [2.45, 2.75) is 24.5 Å². The van der Waals surface area contributed by atoms with Gasteiger partial charge in [0.15, 0.2) is 0 Å². The molecular weight excluding hydrogens is 470 g/mol. The average molecular weight is 496 g/mol. The number of carbonyl (C=O) groups is 2. The van der Waals surface area contributed by atoms with E-state index < -0.39 is 0 Å². The zero-order valence-electron chi connectivity index (χ0n) is 19.9. The number of thioether (sulfide) groups is 1. The van der Waals surface area contributed by atoms with Crippen LogP contribution in [-0.2, 0) is 5.75 Å². The van der Waals surface area contributed by atoms with Gasteiger partial charge in [0.05, 0.1) is 16.8 Å². The first kappa shape index (κ1) is 23.4. The van der Waals surface area contributed by atoms with Crippen LogP contribution in [0, 0.1) is 13.8 Å². The number of hydrogen-bond donors (Lipinski definition) is 2. The molecule has 0 saturated heterocycles. The van der Waals surface area contributed by atoms with Crippen LogP contribution in [0.15, 0.2) is 96.2 Å². The number of nitrogens with zero attached hydrogens (tertiary/aromatic N) is 3. The van der Waals surface area contributed by atoms with Crippen molar-refractivity contribution in [3.63, 3.8) is 0 Å². The van der Waals surface area contributed by atoms with Gasteiger partial charge in [-0.25, -0.2) is 4.98 Å². The standard InChI is InChI=1S/C28H25N5O2S/c1-19-16-24(20(2)33(19)22-10-4-3-5-11-22)28(35)31-30-27(34)23-12-6-7-13-25(23)36-18-21-17-32-15-9-8-14-26(32)29-21/h3-17H,18H2,1-2H3,(H,30,34)(H,31,35). The molecule has 0 spiro atoms. The second-order valence-corrected chi connectivity index (χ2v) is 9.36. The maximum Gasteiger partial charge on any atom is 0.271 e. The van der Waals surface area contributed by atoms with E-state index in [1.807, 2.05) is 102 Å². The van der Waals surface area contributed by atoms with E-state index >= 15 is 0 Å². The number of nitrogens with one attached hydrogen (secondary N) is 2. The summed E-state index contributed by atoms with van der Waals surface area (Å²) >= 11 is 1.53. The van der Waals surface area contributed by atoms with Crippen molar-refractivity contribution < 1.29 is 9.59 Å². The molecule has 0 aliphatic rings. The topological polar surface area (TPSA) is 80.4 Å². The molecule has 3 heterocycles. The molecule has 180 valence electrons. The lowest BCUT2D eigenvalue weighted by Gasteiger charge is -2.11. The van der Waals surface area contributed by atoms with Crippen LogP contribution in [0.1, 0.15) is 37.8 Å². The zero-order valence-corrected chi connectivity index (χ0v) is 20.8. The van der Waals surface area contributed by atoms with Gasteiger partial charge in [0, 0.05) is 40.1 Å². The van der Waals surface area contributed by atoms with Crippen LogP contribution >= 0.6 is 11.8 Å². The van der Waals surface area contributed by atoms with Crippen LogP contribution in [0.5, 0.6) is 0 Å². The Morgan fingerprint density at radius 3 is 2.33 bits per heavy atom. The number of rotatable bonds is 6. The Morgan fingerprint density at radius 1 is 0.861 bits per heavy atom. The fourth-order valence-corrected chi connectivity index (χ4v) is 5.14. The van der Waals surface area contributed by atoms with E-state index in [1.54, 1.807) is 12.1 Å². The van der Waals surface area contributed by atoms with Crippen molar-refractivity contribution in [2.24, 2.45) is 0 Å². The molecule has 36 heavy (non-hydrogen) atoms. The number of hydrogen-bond acceptors (Lipinski definition) is 4. The molecule has 2 amide bonds. The Bertz CT molecular complexity index is 1520. The summed E-state index contributed by atoms with van der Waals surface area (Å²) in [4.78, 5) is 31.3. The molecule has 0 atom stereocenters. The molecule has 0 saturated carbocycles. The second kappa shape index (κ2) is 10.1. The van der Waals surface area contributed by atoms with Gasteiger partial charge in [0.25, 0.3) is 11.8 Å². The molecule has 5 rings (SSSR count). The van der Waals surface area contributed by atoms with Gasteiger partial charge in [0.2, 0.25) is 0 Å². The molecule has 0 fully saturated rings. The number of imidazole rings is 1. The van der Waals surface area contributed by atoms with Crippen molar-refractivity contribution in [1.82, 2.24) is 24.8 Å². The van der Waals surface area contributed by atoms with Crippen molar-refractivity contribution in [3.05, 3.63) is 119 Å². The Morgan fingerprint density at radius 2 is 1.56 bits per heavy atom. The van der Waals surface area contributed by atoms with Gasteiger partial charge in [-0.15, -0.1) is 11.8 Å². The van der Waals surface area contributed by atoms with Crippen LogP contribution in [0.25, 0.3) is 11.3 Å². The van der Waals surface area contributed by atoms with Gasteiger partial charge < -0.3 is 8.97 Å². The molecule has 2 aromatic carbocycles. The van der Waals surface area contributed by atoms with Gasteiger partial charge in [0.1, 0.15) is 5.65 Å². The van der Waals surface area contributed by atoms with E-state index in [-0.39, 0.29) is 11.8 Å². The molecule has 8 heteroatoms. The van der Waals surface area contributed by atoms with E-state index in [2.05, 4.69) is 15.8 Å². The first-order chi connectivity index (χ1) is 17.5. The average Bonchev–Trinajstić information content (AvgIpc) is 3.46. The third kappa shape index (κ3) is 4.76. The first-order valence-electron chi connectivity index (χ1n) is 11.5. The molecule has 0 aliphatic carbocycles. The summed E-state index contributed by atoms with van der Waals surface area (Å²) in [7, 11) is 0. The van der Waals surface area contributed by atoms with Gasteiger partial charge in [-0.05, 0) is 56.3 Å². The van der Waals surface area contributed by atoms with Gasteiger partial charge in [-0.3, -0.25) is 20.4 Å². The minimum Gasteiger partial charge on any atom is -0.318 e.